The van der Waals surface area contributed by atoms with Gasteiger partial charge in [0.2, 0.25) is 5.91 Å². The van der Waals surface area contributed by atoms with E-state index in [-0.39, 0.29) is 44.1 Å². The van der Waals surface area contributed by atoms with Crippen molar-refractivity contribution in [1.29, 1.82) is 0 Å². The van der Waals surface area contributed by atoms with Gasteiger partial charge in [-0.2, -0.15) is 0 Å². The van der Waals surface area contributed by atoms with Crippen molar-refractivity contribution in [3.8, 4) is 0 Å². The van der Waals surface area contributed by atoms with Crippen molar-refractivity contribution in [2.75, 3.05) is 26.8 Å². The molecule has 1 heterocycles. The average molecular weight is 341 g/mol. The molecule has 0 unspecified atom stereocenters. The number of carboxylic acids is 1. The van der Waals surface area contributed by atoms with Gasteiger partial charge in [0.05, 0.1) is 11.3 Å². The van der Waals surface area contributed by atoms with Crippen LogP contribution in [0.15, 0.2) is 18.2 Å². The van der Waals surface area contributed by atoms with E-state index in [2.05, 4.69) is 0 Å². The molecule has 1 N–H and O–H groups in total. The molecule has 1 aromatic carbocycles. The average Bonchev–Trinajstić information content (AvgIpc) is 2.54. The van der Waals surface area contributed by atoms with Crippen LogP contribution >= 0.6 is 0 Å². The van der Waals surface area contributed by atoms with Gasteiger partial charge in [0, 0.05) is 38.4 Å². The number of hydrogen-bond acceptors (Lipinski definition) is 3. The molecule has 1 atom stereocenters. The molecule has 5 nitrogen and oxygen atoms in total. The van der Waals surface area contributed by atoms with Crippen LogP contribution in [0.4, 0.5) is 8.78 Å². The van der Waals surface area contributed by atoms with Gasteiger partial charge in [0.15, 0.2) is 0 Å². The third-order valence-corrected chi connectivity index (χ3v) is 4.52. The molecule has 7 heteroatoms. The van der Waals surface area contributed by atoms with Gasteiger partial charge < -0.3 is 14.7 Å². The molecule has 0 saturated carbocycles. The molecule has 0 spiro atoms. The minimum atomic E-state index is -1.16. The van der Waals surface area contributed by atoms with Crippen LogP contribution in [0.25, 0.3) is 0 Å². The summed E-state index contributed by atoms with van der Waals surface area (Å²) in [6.45, 7) is 2.08. The number of carbonyl (C=O) groups excluding carboxylic acids is 1. The van der Waals surface area contributed by atoms with Gasteiger partial charge in [-0.25, -0.2) is 8.78 Å². The Hall–Kier alpha value is -2.02. The predicted molar refractivity (Wildman–Crippen MR) is 82.5 cm³/mol. The highest BCUT2D eigenvalue weighted by Crippen LogP contribution is 2.38. The van der Waals surface area contributed by atoms with E-state index in [9.17, 15) is 18.4 Å². The zero-order valence-corrected chi connectivity index (χ0v) is 13.7. The molecular formula is C17H21F2NO4. The smallest absolute Gasteiger partial charge is 0.308 e. The lowest BCUT2D eigenvalue weighted by Gasteiger charge is -2.39. The first kappa shape index (κ1) is 18.3. The number of likely N-dealkylation sites (N-methyl/N-ethyl adjacent to an activating group) is 1. The first-order valence-electron chi connectivity index (χ1n) is 7.79. The Bertz CT molecular complexity index is 629. The van der Waals surface area contributed by atoms with Crippen LogP contribution in [-0.4, -0.2) is 48.7 Å². The Labute approximate surface area is 139 Å². The number of nitrogens with zero attached hydrogens (tertiary/aromatic N) is 1. The Balaban J connectivity index is 2.37. The molecule has 24 heavy (non-hydrogen) atoms. The first-order valence-corrected chi connectivity index (χ1v) is 7.79. The summed E-state index contributed by atoms with van der Waals surface area (Å²) in [6, 6.07) is 3.19. The largest absolute Gasteiger partial charge is 0.481 e. The van der Waals surface area contributed by atoms with Crippen LogP contribution in [0.2, 0.25) is 0 Å². The quantitative estimate of drug-likeness (QED) is 0.892. The third kappa shape index (κ3) is 3.56. The third-order valence-electron chi connectivity index (χ3n) is 4.52. The van der Waals surface area contributed by atoms with Crippen molar-refractivity contribution < 1.29 is 28.2 Å². The van der Waals surface area contributed by atoms with Crippen molar-refractivity contribution in [1.82, 2.24) is 4.90 Å². The summed E-state index contributed by atoms with van der Waals surface area (Å²) in [5, 5.41) is 9.02. The minimum absolute atomic E-state index is 0.0135. The number of benzene rings is 1. The summed E-state index contributed by atoms with van der Waals surface area (Å²) in [7, 11) is 1.50. The second kappa shape index (κ2) is 7.25. The van der Waals surface area contributed by atoms with Crippen LogP contribution in [0.5, 0.6) is 0 Å². The van der Waals surface area contributed by atoms with E-state index in [0.717, 1.165) is 12.1 Å². The number of amides is 1. The zero-order valence-electron chi connectivity index (χ0n) is 13.7. The molecule has 1 aliphatic heterocycles. The van der Waals surface area contributed by atoms with Gasteiger partial charge in [-0.05, 0) is 18.9 Å². The van der Waals surface area contributed by atoms with Crippen LogP contribution in [0.1, 0.15) is 25.3 Å². The van der Waals surface area contributed by atoms with Crippen molar-refractivity contribution in [2.24, 2.45) is 5.92 Å². The Morgan fingerprint density at radius 3 is 2.50 bits per heavy atom. The first-order chi connectivity index (χ1) is 11.3. The fraction of sp³-hybridized carbons (Fsp3) is 0.529. The lowest BCUT2D eigenvalue weighted by molar-refractivity contribution is -0.145. The van der Waals surface area contributed by atoms with E-state index in [1.54, 1.807) is 0 Å². The van der Waals surface area contributed by atoms with E-state index < -0.39 is 28.9 Å². The van der Waals surface area contributed by atoms with Crippen molar-refractivity contribution in [3.05, 3.63) is 35.4 Å². The maximum atomic E-state index is 14.3. The highest BCUT2D eigenvalue weighted by Gasteiger charge is 2.45. The summed E-state index contributed by atoms with van der Waals surface area (Å²) >= 11 is 0. The van der Waals surface area contributed by atoms with Gasteiger partial charge in [-0.3, -0.25) is 9.59 Å². The van der Waals surface area contributed by atoms with E-state index in [1.807, 2.05) is 0 Å². The van der Waals surface area contributed by atoms with Gasteiger partial charge >= 0.3 is 5.97 Å². The van der Waals surface area contributed by atoms with Crippen molar-refractivity contribution in [3.63, 3.8) is 0 Å². The van der Waals surface area contributed by atoms with Gasteiger partial charge in [-0.15, -0.1) is 0 Å². The molecule has 1 amide bonds. The predicted octanol–water partition coefficient (Wildman–Crippen LogP) is 2.19. The van der Waals surface area contributed by atoms with E-state index in [0.29, 0.717) is 0 Å². The Morgan fingerprint density at radius 1 is 1.33 bits per heavy atom. The van der Waals surface area contributed by atoms with Crippen molar-refractivity contribution >= 4 is 11.9 Å². The minimum Gasteiger partial charge on any atom is -0.481 e. The second-order valence-electron chi connectivity index (χ2n) is 6.24. The lowest BCUT2D eigenvalue weighted by atomic mass is 9.72. The molecule has 1 fully saturated rings. The van der Waals surface area contributed by atoms with E-state index in [1.165, 1.54) is 24.9 Å². The SMILES string of the molecule is C[C@@H](CN(C)C(=O)C1(c2ccc(F)cc2F)CCOCC1)C(=O)O. The molecule has 1 saturated heterocycles. The number of carbonyl (C=O) groups is 2. The monoisotopic (exact) mass is 341 g/mol. The number of carboxylic acid groups (broad SMARTS) is 1. The van der Waals surface area contributed by atoms with Gasteiger partial charge in [-0.1, -0.05) is 13.0 Å². The maximum absolute atomic E-state index is 14.3. The molecule has 0 aliphatic carbocycles. The van der Waals surface area contributed by atoms with Crippen LogP contribution in [0, 0.1) is 17.6 Å². The van der Waals surface area contributed by atoms with Crippen LogP contribution < -0.4 is 0 Å². The Morgan fingerprint density at radius 2 is 1.96 bits per heavy atom. The number of rotatable bonds is 5. The summed E-state index contributed by atoms with van der Waals surface area (Å²) in [6.07, 6.45) is 0.528. The molecule has 132 valence electrons. The highest BCUT2D eigenvalue weighted by molar-refractivity contribution is 5.88. The molecule has 0 bridgehead atoms. The second-order valence-corrected chi connectivity index (χ2v) is 6.24. The molecule has 1 aliphatic rings. The molecule has 0 aromatic heterocycles. The normalized spacial score (nSPS) is 18.0. The summed E-state index contributed by atoms with van der Waals surface area (Å²) < 4.78 is 32.9. The number of halogens is 2. The number of aliphatic carboxylic acids is 1. The van der Waals surface area contributed by atoms with Gasteiger partial charge in [0.25, 0.3) is 0 Å². The van der Waals surface area contributed by atoms with E-state index >= 15 is 0 Å². The summed E-state index contributed by atoms with van der Waals surface area (Å²) in [5.74, 6) is -3.61. The molecule has 2 rings (SSSR count). The maximum Gasteiger partial charge on any atom is 0.308 e. The zero-order chi connectivity index (χ0) is 17.9. The fourth-order valence-corrected chi connectivity index (χ4v) is 3.13. The van der Waals surface area contributed by atoms with Crippen LogP contribution in [-0.2, 0) is 19.7 Å². The topological polar surface area (TPSA) is 66.8 Å². The molecular weight excluding hydrogens is 320 g/mol. The highest BCUT2D eigenvalue weighted by atomic mass is 19.1. The van der Waals surface area contributed by atoms with Crippen LogP contribution in [0.3, 0.4) is 0 Å². The van der Waals surface area contributed by atoms with Crippen molar-refractivity contribution in [2.45, 2.75) is 25.2 Å². The standard InChI is InChI=1S/C17H21F2NO4/c1-11(15(21)22)10-20(2)16(23)17(5-7-24-8-6-17)13-4-3-12(18)9-14(13)19/h3-4,9,11H,5-8,10H2,1-2H3,(H,21,22)/t11-/m0/s1. The molecule has 0 radical (unpaired) electrons. The van der Waals surface area contributed by atoms with E-state index in [4.69, 9.17) is 9.84 Å². The fourth-order valence-electron chi connectivity index (χ4n) is 3.13. The number of hydrogen-bond donors (Lipinski definition) is 1. The summed E-state index contributed by atoms with van der Waals surface area (Å²) in [5.41, 5.74) is -1.03. The lowest BCUT2D eigenvalue weighted by Crippen LogP contribution is -2.50. The van der Waals surface area contributed by atoms with Gasteiger partial charge in [0.1, 0.15) is 11.6 Å². The Kier molecular flexibility index (Phi) is 5.54. The molecule has 1 aromatic rings. The summed E-state index contributed by atoms with van der Waals surface area (Å²) in [4.78, 5) is 25.4. The number of ether oxygens (including phenoxy) is 1.